The van der Waals surface area contributed by atoms with Crippen molar-refractivity contribution in [3.63, 3.8) is 0 Å². The third-order valence-corrected chi connectivity index (χ3v) is 3.26. The summed E-state index contributed by atoms with van der Waals surface area (Å²) >= 11 is 3.40. The van der Waals surface area contributed by atoms with Crippen molar-refractivity contribution in [1.29, 1.82) is 0 Å². The van der Waals surface area contributed by atoms with Gasteiger partial charge in [0.25, 0.3) is 5.91 Å². The van der Waals surface area contributed by atoms with E-state index in [1.165, 1.54) is 0 Å². The van der Waals surface area contributed by atoms with Crippen LogP contribution in [0.3, 0.4) is 0 Å². The minimum absolute atomic E-state index is 0.106. The Hall–Kier alpha value is -1.27. The third-order valence-electron chi connectivity index (χ3n) is 2.67. The average molecular weight is 331 g/mol. The zero-order valence-corrected chi connectivity index (χ0v) is 12.7. The second kappa shape index (κ2) is 7.35. The highest BCUT2D eigenvalue weighted by Crippen LogP contribution is 2.36. The number of benzene rings is 1. The van der Waals surface area contributed by atoms with E-state index >= 15 is 0 Å². The highest BCUT2D eigenvalue weighted by molar-refractivity contribution is 9.10. The molecule has 0 aromatic heterocycles. The Morgan fingerprint density at radius 2 is 2.16 bits per heavy atom. The Morgan fingerprint density at radius 1 is 1.47 bits per heavy atom. The predicted octanol–water partition coefficient (Wildman–Crippen LogP) is 1.60. The number of ether oxygens (including phenoxy) is 2. The number of rotatable bonds is 7. The van der Waals surface area contributed by atoms with Crippen LogP contribution in [0, 0.1) is 0 Å². The molecular formula is C13H19BrN2O3. The molecule has 4 N–H and O–H groups in total. The first kappa shape index (κ1) is 15.8. The molecule has 0 spiro atoms. The second-order valence-corrected chi connectivity index (χ2v) is 5.09. The molecule has 0 aliphatic rings. The van der Waals surface area contributed by atoms with Gasteiger partial charge in [-0.05, 0) is 46.5 Å². The first-order valence-corrected chi connectivity index (χ1v) is 6.80. The van der Waals surface area contributed by atoms with Crippen LogP contribution in [-0.4, -0.2) is 25.7 Å². The number of carbonyl (C=O) groups excluding carboxylic acids is 1. The molecular weight excluding hydrogens is 312 g/mol. The molecule has 1 atom stereocenters. The number of methoxy groups -OCH3 is 1. The van der Waals surface area contributed by atoms with Crippen molar-refractivity contribution in [3.8, 4) is 11.5 Å². The normalized spacial score (nSPS) is 12.0. The summed E-state index contributed by atoms with van der Waals surface area (Å²) < 4.78 is 11.3. The van der Waals surface area contributed by atoms with E-state index in [1.807, 2.05) is 19.1 Å². The minimum Gasteiger partial charge on any atom is -0.493 e. The zero-order valence-electron chi connectivity index (χ0n) is 11.1. The molecule has 0 bridgehead atoms. The monoisotopic (exact) mass is 330 g/mol. The van der Waals surface area contributed by atoms with Crippen LogP contribution in [0.5, 0.6) is 11.5 Å². The molecule has 1 aromatic carbocycles. The molecule has 0 fully saturated rings. The molecule has 0 aliphatic carbocycles. The Kier molecular flexibility index (Phi) is 6.11. The SMILES string of the molecule is CCC(N)Cc1cc(Br)c(OCC(N)=O)c(OC)c1. The lowest BCUT2D eigenvalue weighted by atomic mass is 10.0. The number of halogens is 1. The minimum atomic E-state index is -0.536. The van der Waals surface area contributed by atoms with E-state index < -0.39 is 5.91 Å². The zero-order chi connectivity index (χ0) is 14.4. The Balaban J connectivity index is 2.97. The van der Waals surface area contributed by atoms with Crippen molar-refractivity contribution in [2.45, 2.75) is 25.8 Å². The topological polar surface area (TPSA) is 87.6 Å². The van der Waals surface area contributed by atoms with Crippen LogP contribution in [0.1, 0.15) is 18.9 Å². The third kappa shape index (κ3) is 4.72. The Bertz CT molecular complexity index is 452. The maximum atomic E-state index is 10.8. The molecule has 106 valence electrons. The summed E-state index contributed by atoms with van der Waals surface area (Å²) in [6.07, 6.45) is 1.65. The fraction of sp³-hybridized carbons (Fsp3) is 0.462. The van der Waals surface area contributed by atoms with Crippen LogP contribution >= 0.6 is 15.9 Å². The lowest BCUT2D eigenvalue weighted by Gasteiger charge is -2.15. The quantitative estimate of drug-likeness (QED) is 0.794. The van der Waals surface area contributed by atoms with Gasteiger partial charge in [0, 0.05) is 6.04 Å². The van der Waals surface area contributed by atoms with E-state index in [9.17, 15) is 4.79 Å². The van der Waals surface area contributed by atoms with Crippen molar-refractivity contribution in [2.75, 3.05) is 13.7 Å². The standard InChI is InChI=1S/C13H19BrN2O3/c1-3-9(15)4-8-5-10(14)13(11(6-8)18-2)19-7-12(16)17/h5-6,9H,3-4,7,15H2,1-2H3,(H2,16,17). The van der Waals surface area contributed by atoms with Crippen LogP contribution in [0.4, 0.5) is 0 Å². The van der Waals surface area contributed by atoms with Gasteiger partial charge < -0.3 is 20.9 Å². The van der Waals surface area contributed by atoms with E-state index in [1.54, 1.807) is 7.11 Å². The van der Waals surface area contributed by atoms with Gasteiger partial charge in [0.15, 0.2) is 18.1 Å². The second-order valence-electron chi connectivity index (χ2n) is 4.24. The summed E-state index contributed by atoms with van der Waals surface area (Å²) in [6, 6.07) is 3.87. The number of primary amides is 1. The van der Waals surface area contributed by atoms with Crippen LogP contribution in [0.2, 0.25) is 0 Å². The maximum absolute atomic E-state index is 10.8. The van der Waals surface area contributed by atoms with E-state index in [-0.39, 0.29) is 12.6 Å². The van der Waals surface area contributed by atoms with E-state index in [2.05, 4.69) is 15.9 Å². The number of hydrogen-bond acceptors (Lipinski definition) is 4. The van der Waals surface area contributed by atoms with Crippen molar-refractivity contribution < 1.29 is 14.3 Å². The number of carbonyl (C=O) groups is 1. The summed E-state index contributed by atoms with van der Waals surface area (Å²) in [5.74, 6) is 0.482. The molecule has 0 heterocycles. The highest BCUT2D eigenvalue weighted by Gasteiger charge is 2.13. The number of nitrogens with two attached hydrogens (primary N) is 2. The first-order chi connectivity index (χ1) is 8.97. The van der Waals surface area contributed by atoms with Crippen molar-refractivity contribution in [2.24, 2.45) is 11.5 Å². The summed E-state index contributed by atoms with van der Waals surface area (Å²) in [4.78, 5) is 10.8. The summed E-state index contributed by atoms with van der Waals surface area (Å²) in [5, 5.41) is 0. The molecule has 1 amide bonds. The van der Waals surface area contributed by atoms with Crippen molar-refractivity contribution in [3.05, 3.63) is 22.2 Å². The number of hydrogen-bond donors (Lipinski definition) is 2. The Labute approximate surface area is 121 Å². The van der Waals surface area contributed by atoms with Gasteiger partial charge in [0.2, 0.25) is 0 Å². The van der Waals surface area contributed by atoms with Gasteiger partial charge in [0.1, 0.15) is 0 Å². The van der Waals surface area contributed by atoms with E-state index in [0.29, 0.717) is 16.0 Å². The molecule has 0 saturated carbocycles. The van der Waals surface area contributed by atoms with Gasteiger partial charge in [-0.3, -0.25) is 4.79 Å². The largest absolute Gasteiger partial charge is 0.493 e. The first-order valence-electron chi connectivity index (χ1n) is 6.01. The van der Waals surface area contributed by atoms with Crippen LogP contribution < -0.4 is 20.9 Å². The van der Waals surface area contributed by atoms with Gasteiger partial charge in [0.05, 0.1) is 11.6 Å². The molecule has 0 aliphatic heterocycles. The lowest BCUT2D eigenvalue weighted by Crippen LogP contribution is -2.22. The van der Waals surface area contributed by atoms with Crippen molar-refractivity contribution >= 4 is 21.8 Å². The fourth-order valence-electron chi connectivity index (χ4n) is 1.62. The van der Waals surface area contributed by atoms with Gasteiger partial charge in [-0.15, -0.1) is 0 Å². The molecule has 1 aromatic rings. The smallest absolute Gasteiger partial charge is 0.255 e. The Morgan fingerprint density at radius 3 is 2.68 bits per heavy atom. The molecule has 0 saturated heterocycles. The average Bonchev–Trinajstić information content (AvgIpc) is 2.36. The van der Waals surface area contributed by atoms with E-state index in [0.717, 1.165) is 18.4 Å². The fourth-order valence-corrected chi connectivity index (χ4v) is 2.23. The van der Waals surface area contributed by atoms with E-state index in [4.69, 9.17) is 20.9 Å². The summed E-state index contributed by atoms with van der Waals surface area (Å²) in [5.41, 5.74) is 12.0. The molecule has 19 heavy (non-hydrogen) atoms. The highest BCUT2D eigenvalue weighted by atomic mass is 79.9. The van der Waals surface area contributed by atoms with Gasteiger partial charge in [-0.1, -0.05) is 6.92 Å². The lowest BCUT2D eigenvalue weighted by molar-refractivity contribution is -0.119. The summed E-state index contributed by atoms with van der Waals surface area (Å²) in [7, 11) is 1.54. The molecule has 5 nitrogen and oxygen atoms in total. The summed E-state index contributed by atoms with van der Waals surface area (Å²) in [6.45, 7) is 1.85. The molecule has 0 radical (unpaired) electrons. The van der Waals surface area contributed by atoms with Gasteiger partial charge in [-0.25, -0.2) is 0 Å². The predicted molar refractivity (Wildman–Crippen MR) is 77.4 cm³/mol. The van der Waals surface area contributed by atoms with Gasteiger partial charge >= 0.3 is 0 Å². The number of amides is 1. The molecule has 6 heteroatoms. The molecule has 1 rings (SSSR count). The van der Waals surface area contributed by atoms with Crippen LogP contribution in [0.15, 0.2) is 16.6 Å². The van der Waals surface area contributed by atoms with Crippen LogP contribution in [-0.2, 0) is 11.2 Å². The van der Waals surface area contributed by atoms with Gasteiger partial charge in [-0.2, -0.15) is 0 Å². The maximum Gasteiger partial charge on any atom is 0.255 e. The van der Waals surface area contributed by atoms with Crippen LogP contribution in [0.25, 0.3) is 0 Å². The molecule has 1 unspecified atom stereocenters. The van der Waals surface area contributed by atoms with Crippen molar-refractivity contribution in [1.82, 2.24) is 0 Å².